The Balaban J connectivity index is 0.00000625. The van der Waals surface area contributed by atoms with Gasteiger partial charge in [0.1, 0.15) is 5.60 Å². The molecule has 1 fully saturated rings. The van der Waals surface area contributed by atoms with Crippen LogP contribution in [0, 0.1) is 61.8 Å². The minimum atomic E-state index is -0.575. The number of rotatable bonds is 7. The molecule has 0 aliphatic heterocycles. The summed E-state index contributed by atoms with van der Waals surface area (Å²) in [7, 11) is 0. The third kappa shape index (κ3) is 8.02. The van der Waals surface area contributed by atoms with E-state index in [9.17, 15) is 9.59 Å². The number of carbonyl (C=O) groups excluding carboxylic acids is 2. The average Bonchev–Trinajstić information content (AvgIpc) is 2.90. The van der Waals surface area contributed by atoms with Gasteiger partial charge in [-0.15, -0.1) is 6.04 Å². The topological polar surface area (TPSA) is 88.4 Å². The molecule has 0 heterocycles. The van der Waals surface area contributed by atoms with Gasteiger partial charge in [-0.25, -0.2) is 4.79 Å². The van der Waals surface area contributed by atoms with E-state index in [1.54, 1.807) is 6.92 Å². The number of esters is 1. The van der Waals surface area contributed by atoms with Gasteiger partial charge in [0.2, 0.25) is 0 Å². The molecule has 26 heavy (non-hydrogen) atoms. The summed E-state index contributed by atoms with van der Waals surface area (Å²) in [5.41, 5.74) is 8.09. The van der Waals surface area contributed by atoms with Gasteiger partial charge in [-0.3, -0.25) is 4.79 Å². The van der Waals surface area contributed by atoms with Gasteiger partial charge in [0.05, 0.1) is 12.5 Å². The number of hydrogen-bond donors (Lipinski definition) is 1. The molecule has 1 unspecified atom stereocenters. The molecule has 0 spiro atoms. The Morgan fingerprint density at radius 3 is 2.19 bits per heavy atom. The average molecular weight is 582 g/mol. The molecule has 1 aliphatic rings. The number of carbonyl (C=O) groups is 2. The van der Waals surface area contributed by atoms with E-state index in [-0.39, 0.29) is 79.9 Å². The molecule has 149 valence electrons. The SMILES string of the molecule is CCOC(=O)[C@H]1C[C@@H](NC(=O)OC(C)(C)C)[C@H](C([NH-])C(CC)CC)C1.[Ac]. The molecule has 2 N–H and O–H groups in total. The summed E-state index contributed by atoms with van der Waals surface area (Å²) in [6.45, 7) is 11.8. The van der Waals surface area contributed by atoms with E-state index < -0.39 is 11.7 Å². The Morgan fingerprint density at radius 1 is 1.15 bits per heavy atom. The van der Waals surface area contributed by atoms with Crippen LogP contribution in [0.1, 0.15) is 67.2 Å². The summed E-state index contributed by atoms with van der Waals surface area (Å²) >= 11 is 0. The summed E-state index contributed by atoms with van der Waals surface area (Å²) in [6, 6.07) is -0.540. The van der Waals surface area contributed by atoms with Crippen LogP contribution in [0.5, 0.6) is 0 Å². The van der Waals surface area contributed by atoms with Crippen molar-refractivity contribution in [3.8, 4) is 0 Å². The molecule has 0 aromatic carbocycles. The zero-order valence-electron chi connectivity index (χ0n) is 17.1. The fraction of sp³-hybridized carbons (Fsp3) is 0.895. The fourth-order valence-corrected chi connectivity index (χ4v) is 3.69. The van der Waals surface area contributed by atoms with Gasteiger partial charge >= 0.3 is 12.1 Å². The minimum Gasteiger partial charge on any atom is -0.674 e. The first kappa shape index (κ1) is 26.1. The Kier molecular flexibility index (Phi) is 11.9. The van der Waals surface area contributed by atoms with Crippen LogP contribution in [0.2, 0.25) is 0 Å². The third-order valence-electron chi connectivity index (χ3n) is 4.95. The van der Waals surface area contributed by atoms with Crippen molar-refractivity contribution in [2.24, 2.45) is 17.8 Å². The maximum Gasteiger partial charge on any atom is 0.407 e. The van der Waals surface area contributed by atoms with Crippen molar-refractivity contribution in [2.45, 2.75) is 84.9 Å². The van der Waals surface area contributed by atoms with Gasteiger partial charge in [-0.05, 0) is 46.5 Å². The van der Waals surface area contributed by atoms with E-state index in [0.717, 1.165) is 12.8 Å². The predicted molar refractivity (Wildman–Crippen MR) is 98.2 cm³/mol. The predicted octanol–water partition coefficient (Wildman–Crippen LogP) is 4.33. The molecule has 6 nitrogen and oxygen atoms in total. The van der Waals surface area contributed by atoms with E-state index in [4.69, 9.17) is 15.2 Å². The van der Waals surface area contributed by atoms with Crippen LogP contribution >= 0.6 is 0 Å². The molecule has 1 rings (SSSR count). The van der Waals surface area contributed by atoms with Crippen molar-refractivity contribution >= 4 is 12.1 Å². The normalized spacial score (nSPS) is 23.9. The first-order valence-electron chi connectivity index (χ1n) is 9.50. The Hall–Kier alpha value is 0.142. The Bertz CT molecular complexity index is 449. The van der Waals surface area contributed by atoms with E-state index in [2.05, 4.69) is 19.2 Å². The van der Waals surface area contributed by atoms with Gasteiger partial charge in [-0.2, -0.15) is 0 Å². The van der Waals surface area contributed by atoms with Crippen molar-refractivity contribution < 1.29 is 63.1 Å². The molecular formula is C19H35AcN2O4-. The summed E-state index contributed by atoms with van der Waals surface area (Å²) < 4.78 is 10.5. The van der Waals surface area contributed by atoms with E-state index >= 15 is 0 Å². The van der Waals surface area contributed by atoms with E-state index in [0.29, 0.717) is 19.4 Å². The molecule has 1 saturated carbocycles. The number of amides is 1. The second-order valence-electron chi connectivity index (χ2n) is 7.94. The molecule has 1 aliphatic carbocycles. The number of hydrogen-bond acceptors (Lipinski definition) is 4. The summed E-state index contributed by atoms with van der Waals surface area (Å²) in [6.07, 6.45) is 2.46. The maximum absolute atomic E-state index is 12.2. The quantitative estimate of drug-likeness (QED) is 0.453. The van der Waals surface area contributed by atoms with Crippen LogP contribution in [-0.4, -0.2) is 36.4 Å². The third-order valence-corrected chi connectivity index (χ3v) is 4.95. The second kappa shape index (κ2) is 11.9. The van der Waals surface area contributed by atoms with Crippen LogP contribution in [-0.2, 0) is 14.3 Å². The van der Waals surface area contributed by atoms with Gasteiger partial charge in [0, 0.05) is 50.1 Å². The van der Waals surface area contributed by atoms with Crippen LogP contribution in [0.25, 0.3) is 5.73 Å². The molecule has 4 atom stereocenters. The largest absolute Gasteiger partial charge is 0.674 e. The molecule has 0 aromatic rings. The maximum atomic E-state index is 12.2. The first-order valence-corrected chi connectivity index (χ1v) is 9.50. The van der Waals surface area contributed by atoms with Crippen molar-refractivity contribution in [1.29, 1.82) is 0 Å². The molecule has 7 heteroatoms. The van der Waals surface area contributed by atoms with Gasteiger partial charge < -0.3 is 20.5 Å². The fourth-order valence-electron chi connectivity index (χ4n) is 3.69. The first-order chi connectivity index (χ1) is 11.6. The molecule has 1 amide bonds. The number of nitrogens with one attached hydrogen (secondary N) is 2. The van der Waals surface area contributed by atoms with E-state index in [1.807, 2.05) is 20.8 Å². The molecule has 0 bridgehead atoms. The van der Waals surface area contributed by atoms with Crippen molar-refractivity contribution in [3.63, 3.8) is 0 Å². The van der Waals surface area contributed by atoms with Crippen LogP contribution in [0.15, 0.2) is 0 Å². The van der Waals surface area contributed by atoms with Gasteiger partial charge in [-0.1, -0.05) is 32.6 Å². The van der Waals surface area contributed by atoms with Crippen LogP contribution in [0.4, 0.5) is 4.79 Å². The summed E-state index contributed by atoms with van der Waals surface area (Å²) in [5.74, 6) is -0.287. The van der Waals surface area contributed by atoms with Crippen LogP contribution < -0.4 is 5.32 Å². The number of ether oxygens (including phenoxy) is 2. The molecule has 0 aromatic heterocycles. The van der Waals surface area contributed by atoms with Crippen LogP contribution in [0.3, 0.4) is 0 Å². The summed E-state index contributed by atoms with van der Waals surface area (Å²) in [5, 5.41) is 2.91. The van der Waals surface area contributed by atoms with Crippen molar-refractivity contribution in [3.05, 3.63) is 5.73 Å². The molecule has 1 radical (unpaired) electrons. The summed E-state index contributed by atoms with van der Waals surface area (Å²) in [4.78, 5) is 24.3. The monoisotopic (exact) mass is 582 g/mol. The van der Waals surface area contributed by atoms with Gasteiger partial charge in [0.15, 0.2) is 0 Å². The van der Waals surface area contributed by atoms with Crippen molar-refractivity contribution in [2.75, 3.05) is 6.61 Å². The minimum absolute atomic E-state index is 0. The van der Waals surface area contributed by atoms with E-state index in [1.165, 1.54) is 0 Å². The van der Waals surface area contributed by atoms with Crippen molar-refractivity contribution in [1.82, 2.24) is 5.32 Å². The Labute approximate surface area is 194 Å². The zero-order valence-corrected chi connectivity index (χ0v) is 21.9. The number of alkyl carbamates (subject to hydrolysis) is 1. The smallest absolute Gasteiger partial charge is 0.407 e. The standard InChI is InChI=1S/C19H35N2O4.Ac/c1-7-12(8-2)16(20)14-10-13(17(22)24-9-3)11-15(14)21-18(23)25-19(4,5)6;/h12-16,20H,7-11H2,1-6H3,(H,21,23);/q-1;/t13-,14-,15-,16?;/m1./s1. The van der Waals surface area contributed by atoms with Gasteiger partial charge in [0.25, 0.3) is 0 Å². The Morgan fingerprint density at radius 2 is 1.73 bits per heavy atom. The zero-order chi connectivity index (χ0) is 19.2. The molecular weight excluding hydrogens is 547 g/mol. The second-order valence-corrected chi connectivity index (χ2v) is 7.94. The molecule has 0 saturated heterocycles.